The molecule has 0 saturated heterocycles. The summed E-state index contributed by atoms with van der Waals surface area (Å²) >= 11 is 0. The van der Waals surface area contributed by atoms with Crippen molar-refractivity contribution < 1.29 is 4.79 Å². The Morgan fingerprint density at radius 3 is 2.44 bits per heavy atom. The summed E-state index contributed by atoms with van der Waals surface area (Å²) in [4.78, 5) is 13.6. The molecule has 3 nitrogen and oxygen atoms in total. The second-order valence-corrected chi connectivity index (χ2v) is 4.41. The molecular weight excluding hydrogens is 200 g/mol. The first-order valence-electron chi connectivity index (χ1n) is 6.66. The molecule has 1 amide bonds. The van der Waals surface area contributed by atoms with Gasteiger partial charge in [-0.05, 0) is 20.0 Å². The standard InChI is InChI=1S/C13H28N2O/c1-4-6-7-8-9-10-13(16)14-11-12-15(3)5-2/h4-12H2,1-3H3,(H,14,16). The van der Waals surface area contributed by atoms with Crippen molar-refractivity contribution in [2.45, 2.75) is 52.4 Å². The second kappa shape index (κ2) is 10.9. The summed E-state index contributed by atoms with van der Waals surface area (Å²) in [6.45, 7) is 7.08. The van der Waals surface area contributed by atoms with Gasteiger partial charge in [-0.25, -0.2) is 0 Å². The molecule has 0 spiro atoms. The van der Waals surface area contributed by atoms with Crippen molar-refractivity contribution in [2.75, 3.05) is 26.7 Å². The number of carbonyl (C=O) groups excluding carboxylic acids is 1. The number of carbonyl (C=O) groups is 1. The molecule has 0 saturated carbocycles. The molecule has 0 unspecified atom stereocenters. The molecule has 16 heavy (non-hydrogen) atoms. The quantitative estimate of drug-likeness (QED) is 0.582. The predicted octanol–water partition coefficient (Wildman–Crippen LogP) is 2.41. The van der Waals surface area contributed by atoms with Gasteiger partial charge in [0, 0.05) is 19.5 Å². The normalized spacial score (nSPS) is 10.8. The SMILES string of the molecule is CCCCCCCC(=O)NCCN(C)CC. The minimum Gasteiger partial charge on any atom is -0.355 e. The first-order chi connectivity index (χ1) is 7.70. The van der Waals surface area contributed by atoms with Crippen LogP contribution in [0.5, 0.6) is 0 Å². The van der Waals surface area contributed by atoms with E-state index in [0.717, 1.165) is 26.1 Å². The van der Waals surface area contributed by atoms with Crippen LogP contribution in [0.15, 0.2) is 0 Å². The largest absolute Gasteiger partial charge is 0.355 e. The number of hydrogen-bond donors (Lipinski definition) is 1. The monoisotopic (exact) mass is 228 g/mol. The van der Waals surface area contributed by atoms with Crippen LogP contribution in [0.2, 0.25) is 0 Å². The molecule has 0 fully saturated rings. The van der Waals surface area contributed by atoms with Gasteiger partial charge in [-0.15, -0.1) is 0 Å². The van der Waals surface area contributed by atoms with Crippen molar-refractivity contribution in [3.63, 3.8) is 0 Å². The lowest BCUT2D eigenvalue weighted by molar-refractivity contribution is -0.121. The van der Waals surface area contributed by atoms with Gasteiger partial charge in [0.15, 0.2) is 0 Å². The number of unbranched alkanes of at least 4 members (excludes halogenated alkanes) is 4. The molecule has 0 aromatic heterocycles. The van der Waals surface area contributed by atoms with Gasteiger partial charge < -0.3 is 10.2 Å². The third-order valence-electron chi connectivity index (χ3n) is 2.86. The summed E-state index contributed by atoms with van der Waals surface area (Å²) < 4.78 is 0. The van der Waals surface area contributed by atoms with Crippen LogP contribution in [0.25, 0.3) is 0 Å². The summed E-state index contributed by atoms with van der Waals surface area (Å²) in [6, 6.07) is 0. The molecule has 0 aliphatic heterocycles. The molecule has 0 bridgehead atoms. The van der Waals surface area contributed by atoms with E-state index in [4.69, 9.17) is 0 Å². The highest BCUT2D eigenvalue weighted by atomic mass is 16.1. The van der Waals surface area contributed by atoms with E-state index in [2.05, 4.69) is 31.1 Å². The molecule has 0 aliphatic carbocycles. The van der Waals surface area contributed by atoms with Gasteiger partial charge in [-0.2, -0.15) is 0 Å². The van der Waals surface area contributed by atoms with E-state index in [1.807, 2.05) is 0 Å². The molecule has 96 valence electrons. The van der Waals surface area contributed by atoms with Gasteiger partial charge in [-0.1, -0.05) is 39.5 Å². The van der Waals surface area contributed by atoms with E-state index in [1.54, 1.807) is 0 Å². The molecule has 3 heteroatoms. The molecule has 0 aromatic carbocycles. The minimum absolute atomic E-state index is 0.209. The van der Waals surface area contributed by atoms with Crippen LogP contribution in [0.1, 0.15) is 52.4 Å². The summed E-state index contributed by atoms with van der Waals surface area (Å²) in [5.41, 5.74) is 0. The number of rotatable bonds is 10. The summed E-state index contributed by atoms with van der Waals surface area (Å²) in [5.74, 6) is 0.209. The summed E-state index contributed by atoms with van der Waals surface area (Å²) in [5, 5.41) is 2.96. The highest BCUT2D eigenvalue weighted by Crippen LogP contribution is 2.04. The molecule has 0 rings (SSSR count). The average Bonchev–Trinajstić information content (AvgIpc) is 2.28. The predicted molar refractivity (Wildman–Crippen MR) is 69.6 cm³/mol. The van der Waals surface area contributed by atoms with Crippen molar-refractivity contribution in [2.24, 2.45) is 0 Å². The Balaban J connectivity index is 3.24. The Morgan fingerprint density at radius 2 is 1.81 bits per heavy atom. The number of nitrogens with zero attached hydrogens (tertiary/aromatic N) is 1. The number of amides is 1. The van der Waals surface area contributed by atoms with E-state index < -0.39 is 0 Å². The van der Waals surface area contributed by atoms with Crippen LogP contribution in [0.3, 0.4) is 0 Å². The van der Waals surface area contributed by atoms with Crippen LogP contribution in [0.4, 0.5) is 0 Å². The van der Waals surface area contributed by atoms with Crippen LogP contribution >= 0.6 is 0 Å². The average molecular weight is 228 g/mol. The van der Waals surface area contributed by atoms with Gasteiger partial charge in [0.25, 0.3) is 0 Å². The molecule has 0 aromatic rings. The van der Waals surface area contributed by atoms with Gasteiger partial charge in [0.1, 0.15) is 0 Å². The third-order valence-corrected chi connectivity index (χ3v) is 2.86. The van der Waals surface area contributed by atoms with Crippen molar-refractivity contribution >= 4 is 5.91 Å². The molecule has 0 radical (unpaired) electrons. The van der Waals surface area contributed by atoms with Crippen LogP contribution in [0, 0.1) is 0 Å². The van der Waals surface area contributed by atoms with E-state index in [1.165, 1.54) is 25.7 Å². The zero-order valence-electron chi connectivity index (χ0n) is 11.2. The highest BCUT2D eigenvalue weighted by molar-refractivity contribution is 5.75. The van der Waals surface area contributed by atoms with Gasteiger partial charge >= 0.3 is 0 Å². The lowest BCUT2D eigenvalue weighted by Crippen LogP contribution is -2.32. The zero-order chi connectivity index (χ0) is 12.2. The summed E-state index contributed by atoms with van der Waals surface area (Å²) in [6.07, 6.45) is 6.74. The first-order valence-corrected chi connectivity index (χ1v) is 6.66. The van der Waals surface area contributed by atoms with E-state index in [9.17, 15) is 4.79 Å². The van der Waals surface area contributed by atoms with Crippen LogP contribution in [-0.4, -0.2) is 37.5 Å². The first kappa shape index (κ1) is 15.4. The molecule has 1 N–H and O–H groups in total. The maximum absolute atomic E-state index is 11.4. The Morgan fingerprint density at radius 1 is 1.12 bits per heavy atom. The smallest absolute Gasteiger partial charge is 0.220 e. The van der Waals surface area contributed by atoms with Gasteiger partial charge in [-0.3, -0.25) is 4.79 Å². The minimum atomic E-state index is 0.209. The number of likely N-dealkylation sites (N-methyl/N-ethyl adjacent to an activating group) is 1. The Hall–Kier alpha value is -0.570. The Bertz CT molecular complexity index is 171. The molecule has 0 atom stereocenters. The second-order valence-electron chi connectivity index (χ2n) is 4.41. The third kappa shape index (κ3) is 9.97. The van der Waals surface area contributed by atoms with Gasteiger partial charge in [0.05, 0.1) is 0 Å². The lowest BCUT2D eigenvalue weighted by Gasteiger charge is -2.13. The fourth-order valence-corrected chi connectivity index (χ4v) is 1.52. The Labute approximate surface area is 101 Å². The Kier molecular flexibility index (Phi) is 10.5. The maximum Gasteiger partial charge on any atom is 0.220 e. The van der Waals surface area contributed by atoms with Crippen molar-refractivity contribution in [1.82, 2.24) is 10.2 Å². The van der Waals surface area contributed by atoms with Crippen LogP contribution < -0.4 is 5.32 Å². The van der Waals surface area contributed by atoms with Crippen molar-refractivity contribution in [1.29, 1.82) is 0 Å². The molecular formula is C13H28N2O. The zero-order valence-corrected chi connectivity index (χ0v) is 11.2. The van der Waals surface area contributed by atoms with E-state index in [0.29, 0.717) is 6.42 Å². The maximum atomic E-state index is 11.4. The van der Waals surface area contributed by atoms with Gasteiger partial charge in [0.2, 0.25) is 5.91 Å². The lowest BCUT2D eigenvalue weighted by atomic mass is 10.1. The highest BCUT2D eigenvalue weighted by Gasteiger charge is 2.01. The fraction of sp³-hybridized carbons (Fsp3) is 0.923. The number of nitrogens with one attached hydrogen (secondary N) is 1. The van der Waals surface area contributed by atoms with Crippen molar-refractivity contribution in [3.05, 3.63) is 0 Å². The summed E-state index contributed by atoms with van der Waals surface area (Å²) in [7, 11) is 2.07. The topological polar surface area (TPSA) is 32.3 Å². The number of hydrogen-bond acceptors (Lipinski definition) is 2. The van der Waals surface area contributed by atoms with Crippen molar-refractivity contribution in [3.8, 4) is 0 Å². The van der Waals surface area contributed by atoms with Crippen LogP contribution in [-0.2, 0) is 4.79 Å². The molecule has 0 heterocycles. The van der Waals surface area contributed by atoms with E-state index >= 15 is 0 Å². The van der Waals surface area contributed by atoms with E-state index in [-0.39, 0.29) is 5.91 Å². The fourth-order valence-electron chi connectivity index (χ4n) is 1.52. The molecule has 0 aliphatic rings.